The van der Waals surface area contributed by atoms with Crippen LogP contribution in [0.15, 0.2) is 48.5 Å². The molecule has 2 aliphatic heterocycles. The van der Waals surface area contributed by atoms with Crippen molar-refractivity contribution < 1.29 is 43.4 Å². The fourth-order valence-electron chi connectivity index (χ4n) is 5.75. The van der Waals surface area contributed by atoms with Gasteiger partial charge >= 0.3 is 5.97 Å². The van der Waals surface area contributed by atoms with Crippen molar-refractivity contribution >= 4 is 5.97 Å². The second kappa shape index (κ2) is 11.6. The summed E-state index contributed by atoms with van der Waals surface area (Å²) in [5.74, 6) is 1.83. The summed E-state index contributed by atoms with van der Waals surface area (Å²) >= 11 is 0. The summed E-state index contributed by atoms with van der Waals surface area (Å²) in [4.78, 5) is 12.8. The van der Waals surface area contributed by atoms with E-state index in [1.807, 2.05) is 30.3 Å². The number of ether oxygens (including phenoxy) is 6. The number of cyclic esters (lactones) is 1. The molecular formula is C31H34O9. The summed E-state index contributed by atoms with van der Waals surface area (Å²) in [6.45, 7) is 0.173. The average Bonchev–Trinajstić information content (AvgIpc) is 3.52. The summed E-state index contributed by atoms with van der Waals surface area (Å²) in [7, 11) is 6.25. The van der Waals surface area contributed by atoms with Gasteiger partial charge < -0.3 is 38.6 Å². The molecule has 3 aromatic rings. The average molecular weight is 551 g/mol. The molecule has 0 bridgehead atoms. The van der Waals surface area contributed by atoms with Crippen molar-refractivity contribution in [1.82, 2.24) is 0 Å². The second-order valence-electron chi connectivity index (χ2n) is 10.1. The first kappa shape index (κ1) is 27.5. The molecular weight excluding hydrogens is 516 g/mol. The van der Waals surface area contributed by atoms with Gasteiger partial charge in [-0.1, -0.05) is 12.1 Å². The van der Waals surface area contributed by atoms with Crippen molar-refractivity contribution in [3.05, 3.63) is 70.8 Å². The van der Waals surface area contributed by atoms with Crippen LogP contribution in [0.2, 0.25) is 0 Å². The number of hydrogen-bond donors (Lipinski definition) is 2. The van der Waals surface area contributed by atoms with Crippen LogP contribution in [0.4, 0.5) is 0 Å². The third kappa shape index (κ3) is 5.09. The molecule has 5 rings (SSSR count). The molecule has 0 spiro atoms. The standard InChI is InChI=1S/C31H34O9/c1-35-24-8-5-17(11-26(24)37-3)9-20-16-39-31(34)21(20)10-18-12-27(38-4)29-22(15-32)30(40-28(29)13-18)19-6-7-23(33)25(14-19)36-2/h5-8,11-14,20-22,30,32-33H,9-10,15-16H2,1-4H3. The maximum Gasteiger partial charge on any atom is 0.309 e. The normalized spacial score (nSPS) is 21.4. The van der Waals surface area contributed by atoms with Crippen molar-refractivity contribution in [3.8, 4) is 34.5 Å². The van der Waals surface area contributed by atoms with Gasteiger partial charge in [-0.3, -0.25) is 4.79 Å². The molecule has 9 nitrogen and oxygen atoms in total. The first-order valence-corrected chi connectivity index (χ1v) is 13.1. The van der Waals surface area contributed by atoms with Gasteiger partial charge in [-0.05, 0) is 65.9 Å². The van der Waals surface area contributed by atoms with Gasteiger partial charge in [0.25, 0.3) is 0 Å². The largest absolute Gasteiger partial charge is 0.504 e. The van der Waals surface area contributed by atoms with E-state index in [2.05, 4.69) is 0 Å². The van der Waals surface area contributed by atoms with E-state index in [0.717, 1.165) is 22.3 Å². The predicted molar refractivity (Wildman–Crippen MR) is 146 cm³/mol. The summed E-state index contributed by atoms with van der Waals surface area (Å²) in [6.07, 6.45) is 0.589. The maximum atomic E-state index is 12.8. The van der Waals surface area contributed by atoms with Crippen LogP contribution in [0.3, 0.4) is 0 Å². The first-order valence-electron chi connectivity index (χ1n) is 13.1. The minimum atomic E-state index is -0.507. The number of aromatic hydroxyl groups is 1. The van der Waals surface area contributed by atoms with Gasteiger partial charge in [-0.2, -0.15) is 0 Å². The molecule has 40 heavy (non-hydrogen) atoms. The smallest absolute Gasteiger partial charge is 0.309 e. The van der Waals surface area contributed by atoms with Gasteiger partial charge in [0.05, 0.1) is 53.5 Å². The number of phenolic OH excluding ortho intramolecular Hbond substituents is 1. The molecule has 0 radical (unpaired) electrons. The Morgan fingerprint density at radius 2 is 1.52 bits per heavy atom. The highest BCUT2D eigenvalue weighted by Gasteiger charge is 2.40. The lowest BCUT2D eigenvalue weighted by molar-refractivity contribution is -0.141. The number of fused-ring (bicyclic) bond motifs is 1. The van der Waals surface area contributed by atoms with Gasteiger partial charge in [-0.25, -0.2) is 0 Å². The Bertz CT molecular complexity index is 1390. The number of carbonyl (C=O) groups is 1. The molecule has 4 unspecified atom stereocenters. The van der Waals surface area contributed by atoms with Crippen molar-refractivity contribution in [2.45, 2.75) is 24.9 Å². The number of rotatable bonds is 10. The second-order valence-corrected chi connectivity index (χ2v) is 10.1. The van der Waals surface area contributed by atoms with Crippen molar-refractivity contribution in [2.75, 3.05) is 41.7 Å². The van der Waals surface area contributed by atoms with Crippen LogP contribution in [-0.4, -0.2) is 57.8 Å². The lowest BCUT2D eigenvalue weighted by Gasteiger charge is -2.19. The molecule has 1 saturated heterocycles. The fourth-order valence-corrected chi connectivity index (χ4v) is 5.75. The van der Waals surface area contributed by atoms with Gasteiger partial charge in [0.1, 0.15) is 17.6 Å². The number of phenols is 1. The lowest BCUT2D eigenvalue weighted by Crippen LogP contribution is -2.20. The number of carbonyl (C=O) groups excluding carboxylic acids is 1. The van der Waals surface area contributed by atoms with Crippen LogP contribution >= 0.6 is 0 Å². The van der Waals surface area contributed by atoms with E-state index in [0.29, 0.717) is 48.2 Å². The SMILES string of the molecule is COc1cc(C2Oc3cc(CC4C(=O)OCC4Cc4ccc(OC)c(OC)c4)cc(OC)c3C2CO)ccc1O. The molecule has 2 heterocycles. The summed E-state index contributed by atoms with van der Waals surface area (Å²) in [5.41, 5.74) is 3.42. The van der Waals surface area contributed by atoms with E-state index in [4.69, 9.17) is 28.4 Å². The number of esters is 1. The predicted octanol–water partition coefficient (Wildman–Crippen LogP) is 4.21. The van der Waals surface area contributed by atoms with E-state index in [1.165, 1.54) is 7.11 Å². The molecule has 3 aromatic carbocycles. The Balaban J connectivity index is 1.40. The molecule has 0 aromatic heterocycles. The Labute approximate surface area is 233 Å². The fraction of sp³-hybridized carbons (Fsp3) is 0.387. The first-order chi connectivity index (χ1) is 19.4. The number of methoxy groups -OCH3 is 4. The quantitative estimate of drug-likeness (QED) is 0.359. The van der Waals surface area contributed by atoms with Crippen molar-refractivity contribution in [2.24, 2.45) is 11.8 Å². The molecule has 1 fully saturated rings. The lowest BCUT2D eigenvalue weighted by atomic mass is 9.84. The van der Waals surface area contributed by atoms with Gasteiger partial charge in [0, 0.05) is 11.5 Å². The van der Waals surface area contributed by atoms with Gasteiger partial charge in [0.2, 0.25) is 0 Å². The number of aliphatic hydroxyl groups is 1. The van der Waals surface area contributed by atoms with Crippen LogP contribution in [0, 0.1) is 11.8 Å². The van der Waals surface area contributed by atoms with Crippen molar-refractivity contribution in [3.63, 3.8) is 0 Å². The van der Waals surface area contributed by atoms with Crippen LogP contribution in [-0.2, 0) is 22.4 Å². The number of benzene rings is 3. The third-order valence-electron chi connectivity index (χ3n) is 7.82. The summed E-state index contributed by atoms with van der Waals surface area (Å²) in [5, 5.41) is 20.4. The van der Waals surface area contributed by atoms with Crippen LogP contribution in [0.25, 0.3) is 0 Å². The van der Waals surface area contributed by atoms with E-state index < -0.39 is 6.10 Å². The van der Waals surface area contributed by atoms with Crippen molar-refractivity contribution in [1.29, 1.82) is 0 Å². The molecule has 4 atom stereocenters. The Morgan fingerprint density at radius 1 is 0.800 bits per heavy atom. The zero-order chi connectivity index (χ0) is 28.4. The molecule has 0 saturated carbocycles. The Kier molecular flexibility index (Phi) is 7.93. The van der Waals surface area contributed by atoms with E-state index in [9.17, 15) is 15.0 Å². The molecule has 0 amide bonds. The Hall–Kier alpha value is -4.11. The van der Waals surface area contributed by atoms with E-state index in [-0.39, 0.29) is 36.1 Å². The summed E-state index contributed by atoms with van der Waals surface area (Å²) < 4.78 is 33.6. The Morgan fingerprint density at radius 3 is 2.23 bits per heavy atom. The zero-order valence-corrected chi connectivity index (χ0v) is 23.0. The minimum absolute atomic E-state index is 0.0202. The molecule has 9 heteroatoms. The molecule has 2 N–H and O–H groups in total. The maximum absolute atomic E-state index is 12.8. The highest BCUT2D eigenvalue weighted by atomic mass is 16.5. The monoisotopic (exact) mass is 550 g/mol. The number of hydrogen-bond acceptors (Lipinski definition) is 9. The molecule has 212 valence electrons. The third-order valence-corrected chi connectivity index (χ3v) is 7.82. The highest BCUT2D eigenvalue weighted by molar-refractivity contribution is 5.75. The van der Waals surface area contributed by atoms with Gasteiger partial charge in [-0.15, -0.1) is 0 Å². The van der Waals surface area contributed by atoms with E-state index >= 15 is 0 Å². The molecule has 0 aliphatic carbocycles. The van der Waals surface area contributed by atoms with Gasteiger partial charge in [0.15, 0.2) is 23.0 Å². The topological polar surface area (TPSA) is 113 Å². The minimum Gasteiger partial charge on any atom is -0.504 e. The van der Waals surface area contributed by atoms with Crippen LogP contribution < -0.4 is 23.7 Å². The zero-order valence-electron chi connectivity index (χ0n) is 23.0. The number of aliphatic hydroxyl groups excluding tert-OH is 1. The van der Waals surface area contributed by atoms with Crippen LogP contribution in [0.5, 0.6) is 34.5 Å². The molecule has 2 aliphatic rings. The summed E-state index contributed by atoms with van der Waals surface area (Å²) in [6, 6.07) is 14.6. The van der Waals surface area contributed by atoms with Crippen LogP contribution in [0.1, 0.15) is 34.3 Å². The highest BCUT2D eigenvalue weighted by Crippen LogP contribution is 2.51. The van der Waals surface area contributed by atoms with E-state index in [1.54, 1.807) is 39.5 Å².